The van der Waals surface area contributed by atoms with Crippen molar-refractivity contribution in [2.24, 2.45) is 11.7 Å². The molecule has 6 heteroatoms. The Morgan fingerprint density at radius 3 is 2.70 bits per heavy atom. The van der Waals surface area contributed by atoms with E-state index in [0.717, 1.165) is 12.8 Å². The minimum absolute atomic E-state index is 0.114. The van der Waals surface area contributed by atoms with E-state index in [9.17, 15) is 9.59 Å². The minimum atomic E-state index is -0.538. The standard InChI is InChI=1S/C14H25N3O3/c1-9(2)7-11(15)14(19)17-5-6-20-8-12(17)13(18)16-10-3-4-10/h9-12H,3-8,15H2,1-2H3,(H,16,18)/t11-,12?/m0/s1. The zero-order valence-corrected chi connectivity index (χ0v) is 12.3. The van der Waals surface area contributed by atoms with Gasteiger partial charge in [-0.3, -0.25) is 9.59 Å². The van der Waals surface area contributed by atoms with Crippen LogP contribution in [0.15, 0.2) is 0 Å². The average Bonchev–Trinajstić information content (AvgIpc) is 3.21. The van der Waals surface area contributed by atoms with E-state index in [1.165, 1.54) is 0 Å². The van der Waals surface area contributed by atoms with Gasteiger partial charge >= 0.3 is 0 Å². The molecule has 1 unspecified atom stereocenters. The van der Waals surface area contributed by atoms with Crippen LogP contribution in [0.5, 0.6) is 0 Å². The van der Waals surface area contributed by atoms with E-state index in [2.05, 4.69) is 5.32 Å². The van der Waals surface area contributed by atoms with Gasteiger partial charge in [-0.25, -0.2) is 0 Å². The average molecular weight is 283 g/mol. The fraction of sp³-hybridized carbons (Fsp3) is 0.857. The van der Waals surface area contributed by atoms with E-state index < -0.39 is 12.1 Å². The number of hydrogen-bond acceptors (Lipinski definition) is 4. The predicted octanol–water partition coefficient (Wildman–Crippen LogP) is -0.134. The Morgan fingerprint density at radius 1 is 1.40 bits per heavy atom. The van der Waals surface area contributed by atoms with Gasteiger partial charge in [-0.2, -0.15) is 0 Å². The maximum Gasteiger partial charge on any atom is 0.245 e. The van der Waals surface area contributed by atoms with E-state index in [-0.39, 0.29) is 24.5 Å². The van der Waals surface area contributed by atoms with Crippen LogP contribution >= 0.6 is 0 Å². The molecule has 1 saturated heterocycles. The van der Waals surface area contributed by atoms with Crippen LogP contribution < -0.4 is 11.1 Å². The van der Waals surface area contributed by atoms with Crippen molar-refractivity contribution in [3.05, 3.63) is 0 Å². The Labute approximate surface area is 120 Å². The summed E-state index contributed by atoms with van der Waals surface area (Å²) in [6, 6.07) is -0.787. The normalized spacial score (nSPS) is 24.6. The Hall–Kier alpha value is -1.14. The predicted molar refractivity (Wildman–Crippen MR) is 74.9 cm³/mol. The van der Waals surface area contributed by atoms with E-state index in [4.69, 9.17) is 10.5 Å². The van der Waals surface area contributed by atoms with Gasteiger partial charge in [0.1, 0.15) is 6.04 Å². The van der Waals surface area contributed by atoms with Gasteiger partial charge in [0.2, 0.25) is 11.8 Å². The molecule has 2 fully saturated rings. The minimum Gasteiger partial charge on any atom is -0.377 e. The number of rotatable bonds is 5. The van der Waals surface area contributed by atoms with Crippen molar-refractivity contribution in [2.75, 3.05) is 19.8 Å². The first-order chi connectivity index (χ1) is 9.49. The molecule has 6 nitrogen and oxygen atoms in total. The van der Waals surface area contributed by atoms with Crippen molar-refractivity contribution in [1.82, 2.24) is 10.2 Å². The lowest BCUT2D eigenvalue weighted by atomic mass is 10.0. The lowest BCUT2D eigenvalue weighted by Crippen LogP contribution is -2.59. The summed E-state index contributed by atoms with van der Waals surface area (Å²) in [5, 5.41) is 2.93. The van der Waals surface area contributed by atoms with Crippen molar-refractivity contribution in [3.63, 3.8) is 0 Å². The van der Waals surface area contributed by atoms with Crippen molar-refractivity contribution >= 4 is 11.8 Å². The number of nitrogens with one attached hydrogen (secondary N) is 1. The van der Waals surface area contributed by atoms with Gasteiger partial charge < -0.3 is 20.7 Å². The number of hydrogen-bond donors (Lipinski definition) is 2. The summed E-state index contributed by atoms with van der Waals surface area (Å²) in [7, 11) is 0. The van der Waals surface area contributed by atoms with Crippen molar-refractivity contribution in [3.8, 4) is 0 Å². The van der Waals surface area contributed by atoms with Gasteiger partial charge in [0.25, 0.3) is 0 Å². The van der Waals surface area contributed by atoms with Gasteiger partial charge in [0, 0.05) is 12.6 Å². The van der Waals surface area contributed by atoms with Crippen molar-refractivity contribution in [2.45, 2.75) is 51.2 Å². The van der Waals surface area contributed by atoms with Crippen LogP contribution in [0.1, 0.15) is 33.1 Å². The highest BCUT2D eigenvalue weighted by Gasteiger charge is 2.37. The summed E-state index contributed by atoms with van der Waals surface area (Å²) < 4.78 is 5.35. The third-order valence-corrected chi connectivity index (χ3v) is 3.68. The monoisotopic (exact) mass is 283 g/mol. The lowest BCUT2D eigenvalue weighted by molar-refractivity contribution is -0.149. The summed E-state index contributed by atoms with van der Waals surface area (Å²) in [5.74, 6) is 0.101. The highest BCUT2D eigenvalue weighted by molar-refractivity contribution is 5.90. The second kappa shape index (κ2) is 6.54. The molecule has 1 aliphatic heterocycles. The van der Waals surface area contributed by atoms with E-state index in [0.29, 0.717) is 25.5 Å². The molecular weight excluding hydrogens is 258 g/mol. The number of amides is 2. The molecule has 0 aromatic heterocycles. The molecule has 2 aliphatic rings. The Kier molecular flexibility index (Phi) is 4.99. The van der Waals surface area contributed by atoms with Crippen LogP contribution in [0.4, 0.5) is 0 Å². The van der Waals surface area contributed by atoms with Crippen LogP contribution in [-0.4, -0.2) is 54.6 Å². The smallest absolute Gasteiger partial charge is 0.245 e. The number of carbonyl (C=O) groups is 2. The number of ether oxygens (including phenoxy) is 1. The molecule has 3 N–H and O–H groups in total. The first-order valence-corrected chi connectivity index (χ1v) is 7.43. The zero-order chi connectivity index (χ0) is 14.7. The number of carbonyl (C=O) groups excluding carboxylic acids is 2. The van der Waals surface area contributed by atoms with Crippen LogP contribution in [0, 0.1) is 5.92 Å². The van der Waals surface area contributed by atoms with E-state index >= 15 is 0 Å². The number of nitrogens with two attached hydrogens (primary N) is 1. The molecular formula is C14H25N3O3. The first-order valence-electron chi connectivity index (χ1n) is 7.43. The Balaban J connectivity index is 1.97. The zero-order valence-electron chi connectivity index (χ0n) is 12.3. The van der Waals surface area contributed by atoms with Crippen molar-refractivity contribution < 1.29 is 14.3 Å². The third-order valence-electron chi connectivity index (χ3n) is 3.68. The third kappa shape index (κ3) is 3.93. The van der Waals surface area contributed by atoms with Crippen molar-refractivity contribution in [1.29, 1.82) is 0 Å². The molecule has 0 aromatic rings. The van der Waals surface area contributed by atoms with E-state index in [1.807, 2.05) is 13.8 Å². The second-order valence-electron chi connectivity index (χ2n) is 6.14. The molecule has 1 heterocycles. The molecule has 0 bridgehead atoms. The molecule has 2 rings (SSSR count). The van der Waals surface area contributed by atoms with Gasteiger partial charge in [-0.05, 0) is 25.2 Å². The fourth-order valence-corrected chi connectivity index (χ4v) is 2.43. The lowest BCUT2D eigenvalue weighted by Gasteiger charge is -2.36. The molecule has 0 spiro atoms. The Bertz CT molecular complexity index is 369. The quantitative estimate of drug-likeness (QED) is 0.736. The molecule has 20 heavy (non-hydrogen) atoms. The van der Waals surface area contributed by atoms with Gasteiger partial charge in [-0.1, -0.05) is 13.8 Å². The summed E-state index contributed by atoms with van der Waals surface area (Å²) in [5.41, 5.74) is 5.96. The molecule has 1 saturated carbocycles. The van der Waals surface area contributed by atoms with Crippen LogP contribution in [0.2, 0.25) is 0 Å². The highest BCUT2D eigenvalue weighted by Crippen LogP contribution is 2.20. The molecule has 1 aliphatic carbocycles. The highest BCUT2D eigenvalue weighted by atomic mass is 16.5. The fourth-order valence-electron chi connectivity index (χ4n) is 2.43. The largest absolute Gasteiger partial charge is 0.377 e. The van der Waals surface area contributed by atoms with Crippen LogP contribution in [-0.2, 0) is 14.3 Å². The summed E-state index contributed by atoms with van der Waals surface area (Å²) >= 11 is 0. The number of morpholine rings is 1. The maximum atomic E-state index is 12.4. The van der Waals surface area contributed by atoms with Crippen LogP contribution in [0.3, 0.4) is 0 Å². The first kappa shape index (κ1) is 15.3. The summed E-state index contributed by atoms with van der Waals surface area (Å²) in [4.78, 5) is 26.2. The summed E-state index contributed by atoms with van der Waals surface area (Å²) in [6.07, 6.45) is 2.69. The molecule has 114 valence electrons. The van der Waals surface area contributed by atoms with E-state index in [1.54, 1.807) is 4.90 Å². The molecule has 2 amide bonds. The van der Waals surface area contributed by atoms with Gasteiger partial charge in [0.15, 0.2) is 0 Å². The SMILES string of the molecule is CC(C)C[C@H](N)C(=O)N1CCOCC1C(=O)NC1CC1. The maximum absolute atomic E-state index is 12.4. The van der Waals surface area contributed by atoms with Crippen LogP contribution in [0.25, 0.3) is 0 Å². The summed E-state index contributed by atoms with van der Waals surface area (Å²) in [6.45, 7) is 5.23. The van der Waals surface area contributed by atoms with Gasteiger partial charge in [0.05, 0.1) is 19.3 Å². The molecule has 0 radical (unpaired) electrons. The molecule has 2 atom stereocenters. The van der Waals surface area contributed by atoms with Gasteiger partial charge in [-0.15, -0.1) is 0 Å². The number of nitrogens with zero attached hydrogens (tertiary/aromatic N) is 1. The second-order valence-corrected chi connectivity index (χ2v) is 6.14. The Morgan fingerprint density at radius 2 is 2.10 bits per heavy atom. The topological polar surface area (TPSA) is 84.7 Å². The molecule has 0 aromatic carbocycles.